The molecule has 96 valence electrons. The van der Waals surface area contributed by atoms with Crippen molar-refractivity contribution in [2.24, 2.45) is 0 Å². The van der Waals surface area contributed by atoms with Crippen LogP contribution in [0.25, 0.3) is 10.9 Å². The highest BCUT2D eigenvalue weighted by Crippen LogP contribution is 2.30. The number of fused-ring (bicyclic) bond motifs is 1. The Balaban J connectivity index is 2.74. The van der Waals surface area contributed by atoms with E-state index in [1.54, 1.807) is 0 Å². The molecule has 1 N–H and O–H groups in total. The maximum Gasteiger partial charge on any atom is 0.152 e. The summed E-state index contributed by atoms with van der Waals surface area (Å²) in [5.41, 5.74) is 2.68. The van der Waals surface area contributed by atoms with Gasteiger partial charge in [0.25, 0.3) is 0 Å². The van der Waals surface area contributed by atoms with Gasteiger partial charge in [-0.1, -0.05) is 6.92 Å². The lowest BCUT2D eigenvalue weighted by Crippen LogP contribution is -2.05. The van der Waals surface area contributed by atoms with E-state index in [2.05, 4.69) is 10.3 Å². The van der Waals surface area contributed by atoms with Crippen LogP contribution in [0.2, 0.25) is 0 Å². The maximum atomic E-state index is 13.7. The normalized spacial score (nSPS) is 10.9. The third-order valence-electron chi connectivity index (χ3n) is 3.05. The summed E-state index contributed by atoms with van der Waals surface area (Å²) < 4.78 is 27.1. The number of hydrogen-bond acceptors (Lipinski definition) is 2. The first kappa shape index (κ1) is 12.7. The van der Waals surface area contributed by atoms with Gasteiger partial charge in [0.2, 0.25) is 0 Å². The Labute approximate surface area is 105 Å². The van der Waals surface area contributed by atoms with Gasteiger partial charge in [-0.2, -0.15) is 0 Å². The monoisotopic (exact) mass is 250 g/mol. The van der Waals surface area contributed by atoms with Crippen LogP contribution in [-0.4, -0.2) is 11.5 Å². The zero-order valence-electron chi connectivity index (χ0n) is 10.8. The van der Waals surface area contributed by atoms with Gasteiger partial charge < -0.3 is 5.32 Å². The van der Waals surface area contributed by atoms with Crippen LogP contribution in [0.3, 0.4) is 0 Å². The van der Waals surface area contributed by atoms with E-state index in [-0.39, 0.29) is 5.52 Å². The topological polar surface area (TPSA) is 24.9 Å². The van der Waals surface area contributed by atoms with Crippen molar-refractivity contribution in [3.8, 4) is 0 Å². The van der Waals surface area contributed by atoms with Gasteiger partial charge in [0.15, 0.2) is 5.82 Å². The second-order valence-electron chi connectivity index (χ2n) is 4.41. The van der Waals surface area contributed by atoms with Gasteiger partial charge in [-0.05, 0) is 31.9 Å². The van der Waals surface area contributed by atoms with Crippen LogP contribution < -0.4 is 5.32 Å². The molecule has 2 rings (SSSR count). The van der Waals surface area contributed by atoms with Crippen LogP contribution in [0.5, 0.6) is 0 Å². The van der Waals surface area contributed by atoms with Crippen molar-refractivity contribution in [2.75, 3.05) is 11.9 Å². The molecule has 0 aliphatic carbocycles. The molecule has 1 heterocycles. The molecule has 18 heavy (non-hydrogen) atoms. The number of aromatic nitrogens is 1. The van der Waals surface area contributed by atoms with E-state index < -0.39 is 11.6 Å². The summed E-state index contributed by atoms with van der Waals surface area (Å²) in [5, 5.41) is 3.73. The Hall–Kier alpha value is -1.71. The second kappa shape index (κ2) is 4.88. The van der Waals surface area contributed by atoms with Crippen LogP contribution in [0.4, 0.5) is 14.5 Å². The van der Waals surface area contributed by atoms with E-state index in [0.717, 1.165) is 36.0 Å². The lowest BCUT2D eigenvalue weighted by atomic mass is 10.1. The number of pyridine rings is 1. The summed E-state index contributed by atoms with van der Waals surface area (Å²) in [4.78, 5) is 4.20. The summed E-state index contributed by atoms with van der Waals surface area (Å²) in [6.07, 6.45) is 0.945. The molecule has 0 amide bonds. The highest BCUT2D eigenvalue weighted by Gasteiger charge is 2.13. The average molecular weight is 250 g/mol. The van der Waals surface area contributed by atoms with Crippen molar-refractivity contribution in [3.63, 3.8) is 0 Å². The zero-order chi connectivity index (χ0) is 13.3. The molecular weight excluding hydrogens is 234 g/mol. The van der Waals surface area contributed by atoms with Crippen molar-refractivity contribution >= 4 is 16.6 Å². The molecule has 0 bridgehead atoms. The van der Waals surface area contributed by atoms with Gasteiger partial charge in [-0.15, -0.1) is 0 Å². The number of rotatable bonds is 3. The number of benzene rings is 1. The number of nitrogens with one attached hydrogen (secondary N) is 1. The second-order valence-corrected chi connectivity index (χ2v) is 4.41. The Kier molecular flexibility index (Phi) is 3.45. The van der Waals surface area contributed by atoms with Crippen LogP contribution in [0.1, 0.15) is 24.6 Å². The number of nitrogens with zero attached hydrogens (tertiary/aromatic N) is 1. The van der Waals surface area contributed by atoms with Crippen LogP contribution >= 0.6 is 0 Å². The van der Waals surface area contributed by atoms with E-state index in [1.807, 2.05) is 20.8 Å². The molecule has 0 unspecified atom stereocenters. The van der Waals surface area contributed by atoms with Gasteiger partial charge in [0.05, 0.1) is 0 Å². The predicted octanol–water partition coefficient (Wildman–Crippen LogP) is 3.95. The van der Waals surface area contributed by atoms with Gasteiger partial charge in [-0.25, -0.2) is 13.8 Å². The molecule has 4 heteroatoms. The minimum atomic E-state index is -0.618. The molecule has 1 aromatic heterocycles. The van der Waals surface area contributed by atoms with Crippen molar-refractivity contribution in [2.45, 2.75) is 27.2 Å². The zero-order valence-corrected chi connectivity index (χ0v) is 10.8. The number of aryl methyl sites for hydroxylation is 1. The van der Waals surface area contributed by atoms with Crippen molar-refractivity contribution < 1.29 is 8.78 Å². The fourth-order valence-corrected chi connectivity index (χ4v) is 1.98. The number of hydrogen-bond donors (Lipinski definition) is 1. The molecule has 0 aliphatic rings. The Bertz CT molecular complexity index is 594. The fraction of sp³-hybridized carbons (Fsp3) is 0.357. The third-order valence-corrected chi connectivity index (χ3v) is 3.05. The summed E-state index contributed by atoms with van der Waals surface area (Å²) in [5.74, 6) is -1.20. The minimum Gasteiger partial charge on any atom is -0.384 e. The maximum absolute atomic E-state index is 13.7. The molecule has 2 aromatic rings. The molecular formula is C14H16F2N2. The van der Waals surface area contributed by atoms with Crippen LogP contribution in [0, 0.1) is 25.5 Å². The smallest absolute Gasteiger partial charge is 0.152 e. The average Bonchev–Trinajstić information content (AvgIpc) is 2.31. The predicted molar refractivity (Wildman–Crippen MR) is 69.9 cm³/mol. The molecule has 0 aliphatic heterocycles. The molecule has 0 spiro atoms. The quantitative estimate of drug-likeness (QED) is 0.892. The van der Waals surface area contributed by atoms with Gasteiger partial charge in [0.1, 0.15) is 11.3 Å². The highest BCUT2D eigenvalue weighted by atomic mass is 19.1. The van der Waals surface area contributed by atoms with E-state index in [1.165, 1.54) is 6.07 Å². The van der Waals surface area contributed by atoms with E-state index in [0.29, 0.717) is 5.39 Å². The van der Waals surface area contributed by atoms with Gasteiger partial charge >= 0.3 is 0 Å². The molecule has 0 atom stereocenters. The molecule has 0 fully saturated rings. The van der Waals surface area contributed by atoms with Crippen LogP contribution in [-0.2, 0) is 0 Å². The Morgan fingerprint density at radius 3 is 2.61 bits per heavy atom. The first-order valence-corrected chi connectivity index (χ1v) is 6.04. The number of halogens is 2. The first-order chi connectivity index (χ1) is 8.54. The summed E-state index contributed by atoms with van der Waals surface area (Å²) >= 11 is 0. The number of anilines is 1. The van der Waals surface area contributed by atoms with Crippen molar-refractivity contribution in [3.05, 3.63) is 35.0 Å². The van der Waals surface area contributed by atoms with E-state index in [4.69, 9.17) is 0 Å². The molecule has 2 nitrogen and oxygen atoms in total. The standard InChI is InChI=1S/C14H16F2N2/c1-4-5-17-13-8(2)9(3)18-14-11(13)6-10(15)7-12(14)16/h6-7H,4-5H2,1-3H3,(H,17,18). The highest BCUT2D eigenvalue weighted by molar-refractivity contribution is 5.93. The molecule has 0 saturated carbocycles. The van der Waals surface area contributed by atoms with Gasteiger partial charge in [0, 0.05) is 29.4 Å². The lowest BCUT2D eigenvalue weighted by molar-refractivity contribution is 0.590. The molecule has 1 aromatic carbocycles. The van der Waals surface area contributed by atoms with Crippen molar-refractivity contribution in [1.29, 1.82) is 0 Å². The summed E-state index contributed by atoms with van der Waals surface area (Å²) in [7, 11) is 0. The summed E-state index contributed by atoms with van der Waals surface area (Å²) in [6.45, 7) is 6.54. The first-order valence-electron chi connectivity index (χ1n) is 6.04. The van der Waals surface area contributed by atoms with Crippen molar-refractivity contribution in [1.82, 2.24) is 4.98 Å². The van der Waals surface area contributed by atoms with Crippen LogP contribution in [0.15, 0.2) is 12.1 Å². The summed E-state index contributed by atoms with van der Waals surface area (Å²) in [6, 6.07) is 2.20. The fourth-order valence-electron chi connectivity index (χ4n) is 1.98. The van der Waals surface area contributed by atoms with E-state index in [9.17, 15) is 8.78 Å². The third kappa shape index (κ3) is 2.15. The lowest BCUT2D eigenvalue weighted by Gasteiger charge is -2.14. The minimum absolute atomic E-state index is 0.220. The van der Waals surface area contributed by atoms with Gasteiger partial charge in [-0.3, -0.25) is 0 Å². The molecule has 0 saturated heterocycles. The Morgan fingerprint density at radius 1 is 1.22 bits per heavy atom. The largest absolute Gasteiger partial charge is 0.384 e. The molecule has 0 radical (unpaired) electrons. The SMILES string of the molecule is CCCNc1c(C)c(C)nc2c(F)cc(F)cc12. The Morgan fingerprint density at radius 2 is 1.94 bits per heavy atom. The van der Waals surface area contributed by atoms with E-state index >= 15 is 0 Å².